The van der Waals surface area contributed by atoms with Gasteiger partial charge in [0.2, 0.25) is 5.69 Å². The van der Waals surface area contributed by atoms with Crippen LogP contribution in [0.15, 0.2) is 37.1 Å². The smallest absolute Gasteiger partial charge is 0.211 e. The summed E-state index contributed by atoms with van der Waals surface area (Å²) >= 11 is 6.26. The van der Waals surface area contributed by atoms with Crippen LogP contribution in [0.2, 0.25) is 5.02 Å². The summed E-state index contributed by atoms with van der Waals surface area (Å²) in [5.41, 5.74) is 2.45. The van der Waals surface area contributed by atoms with Crippen molar-refractivity contribution in [1.29, 1.82) is 0 Å². The molecular weight excluding hydrogens is 380 g/mol. The van der Waals surface area contributed by atoms with Crippen molar-refractivity contribution >= 4 is 23.1 Å². The summed E-state index contributed by atoms with van der Waals surface area (Å²) in [6.07, 6.45) is 7.70. The van der Waals surface area contributed by atoms with E-state index in [1.54, 1.807) is 25.6 Å². The average molecular weight is 397 g/mol. The second-order valence-electron chi connectivity index (χ2n) is 6.08. The van der Waals surface area contributed by atoms with E-state index in [-0.39, 0.29) is 24.7 Å². The number of rotatable bonds is 7. The van der Waals surface area contributed by atoms with Gasteiger partial charge in [0.25, 0.3) is 0 Å². The standard InChI is InChI=1S/C19H17ClN6O2/c1-12(28-3)18-14(10-22-11-17(18)21-2)8-15(27)6-13-7-16(20)19(23-9-13)26-24-4-5-25-26/h4-5,7,9-12H,6,8H2,1,3H3/t12-/m0/s1. The molecule has 0 saturated carbocycles. The molecule has 1 atom stereocenters. The van der Waals surface area contributed by atoms with E-state index >= 15 is 0 Å². The quantitative estimate of drug-likeness (QED) is 0.569. The summed E-state index contributed by atoms with van der Waals surface area (Å²) < 4.78 is 5.36. The van der Waals surface area contributed by atoms with Crippen LogP contribution in [0.4, 0.5) is 5.69 Å². The first-order chi connectivity index (χ1) is 13.5. The van der Waals surface area contributed by atoms with Gasteiger partial charge in [-0.2, -0.15) is 10.2 Å². The number of halogens is 1. The average Bonchev–Trinajstić information content (AvgIpc) is 3.21. The molecule has 28 heavy (non-hydrogen) atoms. The van der Waals surface area contributed by atoms with Gasteiger partial charge in [0.15, 0.2) is 5.82 Å². The SMILES string of the molecule is [C-]#[N+]c1cncc(CC(=O)Cc2cnc(-n3nccn3)c(Cl)c2)c1[C@H](C)OC. The maximum absolute atomic E-state index is 12.6. The molecule has 0 aromatic carbocycles. The number of ether oxygens (including phenoxy) is 1. The second-order valence-corrected chi connectivity index (χ2v) is 6.49. The van der Waals surface area contributed by atoms with Gasteiger partial charge in [0, 0.05) is 38.5 Å². The Labute approximate surface area is 167 Å². The number of hydrogen-bond acceptors (Lipinski definition) is 6. The number of aromatic nitrogens is 5. The van der Waals surface area contributed by atoms with Crippen LogP contribution in [-0.2, 0) is 22.4 Å². The Morgan fingerprint density at radius 1 is 1.29 bits per heavy atom. The Hall–Kier alpha value is -3.15. The van der Waals surface area contributed by atoms with Crippen molar-refractivity contribution in [2.75, 3.05) is 7.11 Å². The molecule has 0 aliphatic heterocycles. The summed E-state index contributed by atoms with van der Waals surface area (Å²) in [6.45, 7) is 9.16. The number of carbonyl (C=O) groups excluding carboxylic acids is 1. The Kier molecular flexibility index (Phi) is 6.09. The summed E-state index contributed by atoms with van der Waals surface area (Å²) in [7, 11) is 1.56. The normalized spacial score (nSPS) is 11.8. The van der Waals surface area contributed by atoms with E-state index in [9.17, 15) is 4.79 Å². The van der Waals surface area contributed by atoms with Gasteiger partial charge in [-0.3, -0.25) is 9.78 Å². The van der Waals surface area contributed by atoms with Crippen LogP contribution in [0.5, 0.6) is 0 Å². The Morgan fingerprint density at radius 2 is 2.04 bits per heavy atom. The van der Waals surface area contributed by atoms with Crippen molar-refractivity contribution in [3.05, 3.63) is 70.2 Å². The fourth-order valence-corrected chi connectivity index (χ4v) is 3.12. The summed E-state index contributed by atoms with van der Waals surface area (Å²) in [5, 5.41) is 8.34. The Balaban J connectivity index is 1.78. The van der Waals surface area contributed by atoms with Crippen LogP contribution in [0.1, 0.15) is 29.7 Å². The number of ketones is 1. The first-order valence-electron chi connectivity index (χ1n) is 8.43. The molecule has 0 N–H and O–H groups in total. The summed E-state index contributed by atoms with van der Waals surface area (Å²) in [4.78, 5) is 25.8. The van der Waals surface area contributed by atoms with Crippen LogP contribution in [0.3, 0.4) is 0 Å². The van der Waals surface area contributed by atoms with Crippen LogP contribution in [0.25, 0.3) is 10.7 Å². The maximum Gasteiger partial charge on any atom is 0.211 e. The van der Waals surface area contributed by atoms with Crippen LogP contribution < -0.4 is 0 Å². The van der Waals surface area contributed by atoms with Crippen molar-refractivity contribution in [3.8, 4) is 5.82 Å². The third-order valence-corrected chi connectivity index (χ3v) is 4.48. The fourth-order valence-electron chi connectivity index (χ4n) is 2.86. The van der Waals surface area contributed by atoms with E-state index in [1.807, 2.05) is 6.92 Å². The number of pyridine rings is 2. The highest BCUT2D eigenvalue weighted by molar-refractivity contribution is 6.32. The molecule has 0 aliphatic rings. The first kappa shape index (κ1) is 19.6. The fraction of sp³-hybridized carbons (Fsp3) is 0.263. The van der Waals surface area contributed by atoms with Crippen molar-refractivity contribution in [1.82, 2.24) is 25.0 Å². The number of nitrogens with zero attached hydrogens (tertiary/aromatic N) is 6. The van der Waals surface area contributed by atoms with Crippen LogP contribution in [-0.4, -0.2) is 37.9 Å². The number of hydrogen-bond donors (Lipinski definition) is 0. The predicted octanol–water partition coefficient (Wildman–Crippen LogP) is 3.32. The van der Waals surface area contributed by atoms with E-state index in [0.29, 0.717) is 33.2 Å². The molecule has 3 aromatic heterocycles. The topological polar surface area (TPSA) is 87.2 Å². The molecule has 0 radical (unpaired) electrons. The van der Waals surface area contributed by atoms with Gasteiger partial charge in [-0.05, 0) is 29.7 Å². The molecule has 0 aliphatic carbocycles. The monoisotopic (exact) mass is 396 g/mol. The third-order valence-electron chi connectivity index (χ3n) is 4.21. The van der Waals surface area contributed by atoms with Crippen molar-refractivity contribution in [2.24, 2.45) is 0 Å². The molecule has 3 rings (SSSR count). The predicted molar refractivity (Wildman–Crippen MR) is 103 cm³/mol. The highest BCUT2D eigenvalue weighted by Gasteiger charge is 2.18. The first-order valence-corrected chi connectivity index (χ1v) is 8.81. The van der Waals surface area contributed by atoms with E-state index in [4.69, 9.17) is 22.9 Å². The minimum atomic E-state index is -0.313. The highest BCUT2D eigenvalue weighted by atomic mass is 35.5. The molecule has 0 spiro atoms. The zero-order valence-corrected chi connectivity index (χ0v) is 16.1. The molecule has 0 saturated heterocycles. The molecule has 0 fully saturated rings. The van der Waals surface area contributed by atoms with E-state index in [2.05, 4.69) is 25.0 Å². The van der Waals surface area contributed by atoms with Crippen molar-refractivity contribution < 1.29 is 9.53 Å². The zero-order chi connectivity index (χ0) is 20.1. The molecule has 3 heterocycles. The van der Waals surface area contributed by atoms with Gasteiger partial charge < -0.3 is 4.74 Å². The zero-order valence-electron chi connectivity index (χ0n) is 15.3. The Bertz CT molecular complexity index is 1030. The van der Waals surface area contributed by atoms with Crippen molar-refractivity contribution in [3.63, 3.8) is 0 Å². The molecule has 142 valence electrons. The minimum Gasteiger partial charge on any atom is -0.378 e. The van der Waals surface area contributed by atoms with Gasteiger partial charge >= 0.3 is 0 Å². The largest absolute Gasteiger partial charge is 0.378 e. The lowest BCUT2D eigenvalue weighted by atomic mass is 9.97. The van der Waals surface area contributed by atoms with Gasteiger partial charge in [-0.1, -0.05) is 11.6 Å². The van der Waals surface area contributed by atoms with Gasteiger partial charge in [-0.15, -0.1) is 4.80 Å². The maximum atomic E-state index is 12.6. The molecule has 3 aromatic rings. The number of Topliss-reactive ketones (excluding diaryl/α,β-unsaturated/α-hetero) is 1. The highest BCUT2D eigenvalue weighted by Crippen LogP contribution is 2.30. The van der Waals surface area contributed by atoms with E-state index in [0.717, 1.165) is 0 Å². The molecule has 0 amide bonds. The van der Waals surface area contributed by atoms with Crippen molar-refractivity contribution in [2.45, 2.75) is 25.9 Å². The molecule has 0 unspecified atom stereocenters. The molecule has 0 bridgehead atoms. The van der Waals surface area contributed by atoms with Gasteiger partial charge in [0.1, 0.15) is 5.78 Å². The Morgan fingerprint density at radius 3 is 2.68 bits per heavy atom. The molecule has 8 nitrogen and oxygen atoms in total. The van der Waals surface area contributed by atoms with E-state index < -0.39 is 0 Å². The van der Waals surface area contributed by atoms with E-state index in [1.165, 1.54) is 23.4 Å². The lowest BCUT2D eigenvalue weighted by Crippen LogP contribution is -2.11. The van der Waals surface area contributed by atoms with Crippen LogP contribution >= 0.6 is 11.6 Å². The van der Waals surface area contributed by atoms with Crippen LogP contribution in [0, 0.1) is 6.57 Å². The number of methoxy groups -OCH3 is 1. The van der Waals surface area contributed by atoms with Gasteiger partial charge in [-0.25, -0.2) is 9.83 Å². The van der Waals surface area contributed by atoms with Gasteiger partial charge in [0.05, 0.1) is 30.1 Å². The lowest BCUT2D eigenvalue weighted by Gasteiger charge is -2.16. The molecule has 9 heteroatoms. The summed E-state index contributed by atoms with van der Waals surface area (Å²) in [5.74, 6) is 0.351. The molecular formula is C19H17ClN6O2. The minimum absolute atomic E-state index is 0.0451. The third kappa shape index (κ3) is 4.22. The number of carbonyl (C=O) groups is 1. The lowest BCUT2D eigenvalue weighted by molar-refractivity contribution is -0.117. The summed E-state index contributed by atoms with van der Waals surface area (Å²) in [6, 6.07) is 1.68. The second kappa shape index (κ2) is 8.69.